The first-order valence-corrected chi connectivity index (χ1v) is 6.65. The number of carbonyl (C=O) groups is 1. The fourth-order valence-electron chi connectivity index (χ4n) is 1.94. The first kappa shape index (κ1) is 12.4. The number of hydrogen-bond donors (Lipinski definition) is 2. The molecule has 1 amide bonds. The average molecular weight is 297 g/mol. The average Bonchev–Trinajstić information content (AvgIpc) is 3.06. The predicted molar refractivity (Wildman–Crippen MR) is 72.9 cm³/mol. The number of benzene rings is 1. The van der Waals surface area contributed by atoms with Crippen LogP contribution in [0.2, 0.25) is 0 Å². The maximum Gasteiger partial charge on any atom is 0.253 e. The van der Waals surface area contributed by atoms with Crippen LogP contribution in [0.1, 0.15) is 35.7 Å². The summed E-state index contributed by atoms with van der Waals surface area (Å²) >= 11 is 3.39. The standard InChI is InChI=1S/C13H17BrN2O/c1-7-5-10(14)6-11(12(7)15)13(17)16-8(2)9-3-4-9/h5-6,8-9H,3-4,15H2,1-2H3,(H,16,17). The molecule has 1 saturated carbocycles. The topological polar surface area (TPSA) is 55.1 Å². The minimum Gasteiger partial charge on any atom is -0.398 e. The van der Waals surface area contributed by atoms with E-state index in [0.29, 0.717) is 17.2 Å². The number of anilines is 1. The van der Waals surface area contributed by atoms with Crippen molar-refractivity contribution < 1.29 is 4.79 Å². The van der Waals surface area contributed by atoms with E-state index in [1.807, 2.05) is 13.0 Å². The number of carbonyl (C=O) groups excluding carboxylic acids is 1. The molecule has 0 radical (unpaired) electrons. The number of nitrogens with one attached hydrogen (secondary N) is 1. The second-order valence-electron chi connectivity index (χ2n) is 4.78. The van der Waals surface area contributed by atoms with E-state index in [1.165, 1.54) is 12.8 Å². The zero-order valence-electron chi connectivity index (χ0n) is 10.1. The number of hydrogen-bond acceptors (Lipinski definition) is 2. The highest BCUT2D eigenvalue weighted by Crippen LogP contribution is 2.32. The van der Waals surface area contributed by atoms with Gasteiger partial charge in [-0.2, -0.15) is 0 Å². The van der Waals surface area contributed by atoms with Crippen LogP contribution in [0.15, 0.2) is 16.6 Å². The van der Waals surface area contributed by atoms with Crippen LogP contribution in [-0.4, -0.2) is 11.9 Å². The molecule has 4 heteroatoms. The first-order chi connectivity index (χ1) is 7.99. The molecule has 0 aliphatic heterocycles. The number of rotatable bonds is 3. The largest absolute Gasteiger partial charge is 0.398 e. The second kappa shape index (κ2) is 4.69. The Morgan fingerprint density at radius 3 is 2.76 bits per heavy atom. The van der Waals surface area contributed by atoms with Crippen LogP contribution in [0.4, 0.5) is 5.69 Å². The maximum atomic E-state index is 12.1. The van der Waals surface area contributed by atoms with Crippen molar-refractivity contribution in [2.45, 2.75) is 32.7 Å². The van der Waals surface area contributed by atoms with Gasteiger partial charge in [0.1, 0.15) is 0 Å². The number of aryl methyl sites for hydroxylation is 1. The van der Waals surface area contributed by atoms with Crippen molar-refractivity contribution in [2.75, 3.05) is 5.73 Å². The Morgan fingerprint density at radius 2 is 2.18 bits per heavy atom. The van der Waals surface area contributed by atoms with E-state index < -0.39 is 0 Å². The van der Waals surface area contributed by atoms with Crippen molar-refractivity contribution in [1.29, 1.82) is 0 Å². The van der Waals surface area contributed by atoms with E-state index in [2.05, 4.69) is 28.2 Å². The van der Waals surface area contributed by atoms with Crippen LogP contribution >= 0.6 is 15.9 Å². The van der Waals surface area contributed by atoms with Crippen molar-refractivity contribution in [2.24, 2.45) is 5.92 Å². The lowest BCUT2D eigenvalue weighted by atomic mass is 10.1. The summed E-state index contributed by atoms with van der Waals surface area (Å²) in [4.78, 5) is 12.1. The molecule has 1 fully saturated rings. The van der Waals surface area contributed by atoms with Gasteiger partial charge in [0.25, 0.3) is 5.91 Å². The molecule has 1 atom stereocenters. The highest BCUT2D eigenvalue weighted by molar-refractivity contribution is 9.10. The summed E-state index contributed by atoms with van der Waals surface area (Å²) in [6.45, 7) is 3.96. The zero-order valence-corrected chi connectivity index (χ0v) is 11.7. The lowest BCUT2D eigenvalue weighted by molar-refractivity contribution is 0.0936. The molecule has 3 N–H and O–H groups in total. The molecule has 0 bridgehead atoms. The van der Waals surface area contributed by atoms with Gasteiger partial charge in [-0.1, -0.05) is 15.9 Å². The van der Waals surface area contributed by atoms with E-state index in [0.717, 1.165) is 10.0 Å². The third-order valence-electron chi connectivity index (χ3n) is 3.28. The monoisotopic (exact) mass is 296 g/mol. The van der Waals surface area contributed by atoms with E-state index >= 15 is 0 Å². The predicted octanol–water partition coefficient (Wildman–Crippen LogP) is 2.87. The molecule has 0 heterocycles. The van der Waals surface area contributed by atoms with E-state index in [9.17, 15) is 4.79 Å². The quantitative estimate of drug-likeness (QED) is 0.843. The molecule has 92 valence electrons. The maximum absolute atomic E-state index is 12.1. The van der Waals surface area contributed by atoms with Gasteiger partial charge in [0, 0.05) is 16.2 Å². The summed E-state index contributed by atoms with van der Waals surface area (Å²) in [5.41, 5.74) is 7.98. The molecule has 1 aromatic carbocycles. The number of amides is 1. The fourth-order valence-corrected chi connectivity index (χ4v) is 2.51. The third kappa shape index (κ3) is 2.80. The van der Waals surface area contributed by atoms with Gasteiger partial charge in [0.2, 0.25) is 0 Å². The third-order valence-corrected chi connectivity index (χ3v) is 3.74. The smallest absolute Gasteiger partial charge is 0.253 e. The Hall–Kier alpha value is -1.03. The van der Waals surface area contributed by atoms with E-state index in [4.69, 9.17) is 5.73 Å². The summed E-state index contributed by atoms with van der Waals surface area (Å²) < 4.78 is 0.883. The number of nitrogens with two attached hydrogens (primary N) is 1. The minimum absolute atomic E-state index is 0.0775. The highest BCUT2D eigenvalue weighted by Gasteiger charge is 2.29. The van der Waals surface area contributed by atoms with Gasteiger partial charge in [-0.3, -0.25) is 4.79 Å². The summed E-state index contributed by atoms with van der Waals surface area (Å²) in [6, 6.07) is 3.93. The molecule has 3 nitrogen and oxygen atoms in total. The summed E-state index contributed by atoms with van der Waals surface area (Å²) in [5, 5.41) is 3.01. The van der Waals surface area contributed by atoms with E-state index in [-0.39, 0.29) is 11.9 Å². The van der Waals surface area contributed by atoms with Gasteiger partial charge < -0.3 is 11.1 Å². The molecule has 0 spiro atoms. The van der Waals surface area contributed by atoms with Gasteiger partial charge in [-0.25, -0.2) is 0 Å². The van der Waals surface area contributed by atoms with Crippen molar-refractivity contribution in [1.82, 2.24) is 5.32 Å². The first-order valence-electron chi connectivity index (χ1n) is 5.85. The van der Waals surface area contributed by atoms with Crippen LogP contribution in [0.3, 0.4) is 0 Å². The highest BCUT2D eigenvalue weighted by atomic mass is 79.9. The van der Waals surface area contributed by atoms with Crippen molar-refractivity contribution >= 4 is 27.5 Å². The van der Waals surface area contributed by atoms with Gasteiger partial charge in [0.15, 0.2) is 0 Å². The van der Waals surface area contributed by atoms with Crippen LogP contribution in [-0.2, 0) is 0 Å². The molecular weight excluding hydrogens is 280 g/mol. The molecule has 0 saturated heterocycles. The Morgan fingerprint density at radius 1 is 1.53 bits per heavy atom. The van der Waals surface area contributed by atoms with Crippen molar-refractivity contribution in [3.05, 3.63) is 27.7 Å². The molecular formula is C13H17BrN2O. The van der Waals surface area contributed by atoms with E-state index in [1.54, 1.807) is 6.07 Å². The Balaban J connectivity index is 2.17. The Bertz CT molecular complexity index is 455. The SMILES string of the molecule is Cc1cc(Br)cc(C(=O)NC(C)C2CC2)c1N. The van der Waals surface area contributed by atoms with Crippen LogP contribution in [0.5, 0.6) is 0 Å². The van der Waals surface area contributed by atoms with Gasteiger partial charge >= 0.3 is 0 Å². The van der Waals surface area contributed by atoms with Crippen LogP contribution in [0, 0.1) is 12.8 Å². The lowest BCUT2D eigenvalue weighted by Crippen LogP contribution is -2.34. The van der Waals surface area contributed by atoms with Crippen molar-refractivity contribution in [3.8, 4) is 0 Å². The summed E-state index contributed by atoms with van der Waals surface area (Å²) in [6.07, 6.45) is 2.43. The van der Waals surface area contributed by atoms with Gasteiger partial charge in [-0.05, 0) is 50.3 Å². The molecule has 1 aromatic rings. The molecule has 1 aliphatic carbocycles. The number of halogens is 1. The summed E-state index contributed by atoms with van der Waals surface area (Å²) in [5.74, 6) is 0.569. The minimum atomic E-state index is -0.0775. The number of nitrogen functional groups attached to an aromatic ring is 1. The molecule has 1 unspecified atom stereocenters. The molecule has 2 rings (SSSR count). The Kier molecular flexibility index (Phi) is 3.43. The summed E-state index contributed by atoms with van der Waals surface area (Å²) in [7, 11) is 0. The van der Waals surface area contributed by atoms with Gasteiger partial charge in [-0.15, -0.1) is 0 Å². The molecule has 0 aromatic heterocycles. The van der Waals surface area contributed by atoms with Crippen LogP contribution < -0.4 is 11.1 Å². The van der Waals surface area contributed by atoms with Gasteiger partial charge in [0.05, 0.1) is 5.56 Å². The van der Waals surface area contributed by atoms with Crippen LogP contribution in [0.25, 0.3) is 0 Å². The molecule has 1 aliphatic rings. The van der Waals surface area contributed by atoms with Crippen molar-refractivity contribution in [3.63, 3.8) is 0 Å². The second-order valence-corrected chi connectivity index (χ2v) is 5.70. The lowest BCUT2D eigenvalue weighted by Gasteiger charge is -2.15. The fraction of sp³-hybridized carbons (Fsp3) is 0.462. The molecule has 17 heavy (non-hydrogen) atoms. The Labute approximate surface area is 110 Å². The zero-order chi connectivity index (χ0) is 12.6. The normalized spacial score (nSPS) is 16.6.